The zero-order valence-electron chi connectivity index (χ0n) is 16.6. The molecule has 0 radical (unpaired) electrons. The highest BCUT2D eigenvalue weighted by molar-refractivity contribution is 7.99. The van der Waals surface area contributed by atoms with Crippen molar-refractivity contribution in [3.63, 3.8) is 0 Å². The molecule has 0 fully saturated rings. The SMILES string of the molecule is Cc1cccc(-n2ccnc2SCCCn2c(=O)c3c(ncn3C)n(C)c2=O)c1. The molecular formula is C20H22N6O2S. The Morgan fingerprint density at radius 1 is 1.14 bits per heavy atom. The Morgan fingerprint density at radius 2 is 1.97 bits per heavy atom. The van der Waals surface area contributed by atoms with Gasteiger partial charge < -0.3 is 4.57 Å². The maximum atomic E-state index is 12.7. The lowest BCUT2D eigenvalue weighted by molar-refractivity contribution is 0.594. The number of benzene rings is 1. The fraction of sp³-hybridized carbons (Fsp3) is 0.300. The summed E-state index contributed by atoms with van der Waals surface area (Å²) in [5.41, 5.74) is 2.47. The Hall–Kier alpha value is -3.07. The first-order chi connectivity index (χ1) is 14.0. The summed E-state index contributed by atoms with van der Waals surface area (Å²) in [6.07, 6.45) is 5.94. The van der Waals surface area contributed by atoms with Crippen molar-refractivity contribution in [2.75, 3.05) is 5.75 Å². The van der Waals surface area contributed by atoms with Gasteiger partial charge in [0.2, 0.25) is 0 Å². The predicted molar refractivity (Wildman–Crippen MR) is 114 cm³/mol. The number of fused-ring (bicyclic) bond motifs is 1. The van der Waals surface area contributed by atoms with Crippen LogP contribution in [0.4, 0.5) is 0 Å². The van der Waals surface area contributed by atoms with Crippen LogP contribution < -0.4 is 11.2 Å². The molecule has 0 aliphatic rings. The number of rotatable bonds is 6. The molecule has 1 aromatic carbocycles. The van der Waals surface area contributed by atoms with E-state index in [0.29, 0.717) is 24.1 Å². The van der Waals surface area contributed by atoms with Crippen LogP contribution in [0.15, 0.2) is 57.7 Å². The second kappa shape index (κ2) is 7.75. The second-order valence-electron chi connectivity index (χ2n) is 6.95. The average Bonchev–Trinajstić information content (AvgIpc) is 3.32. The van der Waals surface area contributed by atoms with Crippen molar-refractivity contribution < 1.29 is 0 Å². The van der Waals surface area contributed by atoms with E-state index in [1.54, 1.807) is 42.9 Å². The van der Waals surface area contributed by atoms with Crippen molar-refractivity contribution in [3.05, 3.63) is 69.4 Å². The summed E-state index contributed by atoms with van der Waals surface area (Å²) in [7, 11) is 3.40. The van der Waals surface area contributed by atoms with Gasteiger partial charge in [-0.3, -0.25) is 18.5 Å². The van der Waals surface area contributed by atoms with Crippen LogP contribution >= 0.6 is 11.8 Å². The molecule has 0 saturated heterocycles. The first kappa shape index (κ1) is 19.3. The molecule has 0 saturated carbocycles. The van der Waals surface area contributed by atoms with Gasteiger partial charge in [-0.2, -0.15) is 0 Å². The van der Waals surface area contributed by atoms with Gasteiger partial charge in [0.25, 0.3) is 5.56 Å². The molecule has 0 spiro atoms. The van der Waals surface area contributed by atoms with Crippen molar-refractivity contribution in [1.29, 1.82) is 0 Å². The van der Waals surface area contributed by atoms with Gasteiger partial charge in [-0.15, -0.1) is 0 Å². The summed E-state index contributed by atoms with van der Waals surface area (Å²) in [5, 5.41) is 0.887. The van der Waals surface area contributed by atoms with Crippen LogP contribution in [0.5, 0.6) is 0 Å². The van der Waals surface area contributed by atoms with Crippen molar-refractivity contribution in [2.24, 2.45) is 14.1 Å². The van der Waals surface area contributed by atoms with E-state index in [4.69, 9.17) is 0 Å². The van der Waals surface area contributed by atoms with Crippen molar-refractivity contribution in [3.8, 4) is 5.69 Å². The lowest BCUT2D eigenvalue weighted by Crippen LogP contribution is -2.39. The van der Waals surface area contributed by atoms with Crippen LogP contribution in [0.2, 0.25) is 0 Å². The van der Waals surface area contributed by atoms with Gasteiger partial charge in [-0.05, 0) is 31.0 Å². The molecule has 0 atom stereocenters. The Morgan fingerprint density at radius 3 is 2.76 bits per heavy atom. The molecule has 0 aliphatic carbocycles. The van der Waals surface area contributed by atoms with Gasteiger partial charge in [0.05, 0.1) is 6.33 Å². The lowest BCUT2D eigenvalue weighted by Gasteiger charge is -2.10. The van der Waals surface area contributed by atoms with E-state index in [2.05, 4.69) is 29.0 Å². The minimum absolute atomic E-state index is 0.297. The third-order valence-electron chi connectivity index (χ3n) is 4.84. The minimum Gasteiger partial charge on any atom is -0.328 e. The standard InChI is InChI=1S/C20H22N6O2S/c1-14-6-4-7-15(12-14)25-10-8-21-19(25)29-11-5-9-26-18(27)16-17(22-13-23(16)2)24(3)20(26)28/h4,6-8,10,12-13H,5,9,11H2,1-3H3. The fourth-order valence-electron chi connectivity index (χ4n) is 3.35. The van der Waals surface area contributed by atoms with Crippen LogP contribution in [0.25, 0.3) is 16.9 Å². The Labute approximate surface area is 171 Å². The molecular weight excluding hydrogens is 388 g/mol. The van der Waals surface area contributed by atoms with E-state index in [0.717, 1.165) is 16.6 Å². The molecule has 8 nitrogen and oxygen atoms in total. The highest BCUT2D eigenvalue weighted by atomic mass is 32.2. The van der Waals surface area contributed by atoms with Crippen molar-refractivity contribution in [1.82, 2.24) is 28.2 Å². The van der Waals surface area contributed by atoms with E-state index >= 15 is 0 Å². The monoisotopic (exact) mass is 410 g/mol. The zero-order chi connectivity index (χ0) is 20.5. The summed E-state index contributed by atoms with van der Waals surface area (Å²) >= 11 is 1.61. The number of imidazole rings is 2. The predicted octanol–water partition coefficient (Wildman–Crippen LogP) is 2.11. The molecule has 0 N–H and O–H groups in total. The molecule has 0 amide bonds. The maximum absolute atomic E-state index is 12.7. The maximum Gasteiger partial charge on any atom is 0.332 e. The van der Waals surface area contributed by atoms with Crippen LogP contribution in [-0.2, 0) is 20.6 Å². The number of nitrogens with zero attached hydrogens (tertiary/aromatic N) is 6. The molecule has 4 aromatic rings. The van der Waals surface area contributed by atoms with Crippen molar-refractivity contribution >= 4 is 22.9 Å². The fourth-order valence-corrected chi connectivity index (χ4v) is 4.25. The average molecular weight is 411 g/mol. The number of aryl methyl sites for hydroxylation is 3. The summed E-state index contributed by atoms with van der Waals surface area (Å²) in [5.74, 6) is 0.738. The molecule has 0 unspecified atom stereocenters. The molecule has 150 valence electrons. The smallest absolute Gasteiger partial charge is 0.328 e. The van der Waals surface area contributed by atoms with Gasteiger partial charge in [0.1, 0.15) is 0 Å². The molecule has 0 aliphatic heterocycles. The molecule has 29 heavy (non-hydrogen) atoms. The highest BCUT2D eigenvalue weighted by Gasteiger charge is 2.14. The third kappa shape index (κ3) is 3.53. The van der Waals surface area contributed by atoms with Crippen LogP contribution in [0, 0.1) is 6.92 Å². The van der Waals surface area contributed by atoms with Gasteiger partial charge in [-0.1, -0.05) is 23.9 Å². The topological polar surface area (TPSA) is 79.6 Å². The summed E-state index contributed by atoms with van der Waals surface area (Å²) in [6.45, 7) is 2.41. The largest absolute Gasteiger partial charge is 0.332 e. The van der Waals surface area contributed by atoms with E-state index in [9.17, 15) is 9.59 Å². The lowest BCUT2D eigenvalue weighted by atomic mass is 10.2. The Balaban J connectivity index is 1.49. The molecule has 3 heterocycles. The summed E-state index contributed by atoms with van der Waals surface area (Å²) < 4.78 is 6.41. The van der Waals surface area contributed by atoms with Crippen molar-refractivity contribution in [2.45, 2.75) is 25.0 Å². The van der Waals surface area contributed by atoms with E-state index in [1.807, 2.05) is 22.9 Å². The molecule has 0 bridgehead atoms. The number of thioether (sulfide) groups is 1. The third-order valence-corrected chi connectivity index (χ3v) is 5.90. The second-order valence-corrected chi connectivity index (χ2v) is 8.01. The van der Waals surface area contributed by atoms with Crippen LogP contribution in [0.3, 0.4) is 0 Å². The minimum atomic E-state index is -0.340. The van der Waals surface area contributed by atoms with Gasteiger partial charge in [0.15, 0.2) is 16.3 Å². The number of hydrogen-bond donors (Lipinski definition) is 0. The van der Waals surface area contributed by atoms with Gasteiger partial charge >= 0.3 is 5.69 Å². The molecule has 4 rings (SSSR count). The summed E-state index contributed by atoms with van der Waals surface area (Å²) in [6, 6.07) is 8.24. The number of aromatic nitrogens is 6. The van der Waals surface area contributed by atoms with Gasteiger partial charge in [0, 0.05) is 44.5 Å². The van der Waals surface area contributed by atoms with E-state index < -0.39 is 0 Å². The van der Waals surface area contributed by atoms with E-state index in [1.165, 1.54) is 14.7 Å². The molecule has 9 heteroatoms. The quantitative estimate of drug-likeness (QED) is 0.359. The Bertz CT molecular complexity index is 1300. The first-order valence-electron chi connectivity index (χ1n) is 9.31. The van der Waals surface area contributed by atoms with Gasteiger partial charge in [-0.25, -0.2) is 14.8 Å². The van der Waals surface area contributed by atoms with Crippen LogP contribution in [0.1, 0.15) is 12.0 Å². The first-order valence-corrected chi connectivity index (χ1v) is 10.3. The summed E-state index contributed by atoms with van der Waals surface area (Å²) in [4.78, 5) is 33.9. The Kier molecular flexibility index (Phi) is 5.14. The van der Waals surface area contributed by atoms with Crippen LogP contribution in [-0.4, -0.2) is 34.0 Å². The normalized spacial score (nSPS) is 11.4. The van der Waals surface area contributed by atoms with E-state index in [-0.39, 0.29) is 11.2 Å². The highest BCUT2D eigenvalue weighted by Crippen LogP contribution is 2.21. The number of hydrogen-bond acceptors (Lipinski definition) is 5. The molecule has 3 aromatic heterocycles. The zero-order valence-corrected chi connectivity index (χ0v) is 17.4.